The third-order valence-electron chi connectivity index (χ3n) is 5.96. The second-order valence-corrected chi connectivity index (χ2v) is 7.52. The molecule has 1 saturated carbocycles. The van der Waals surface area contributed by atoms with Gasteiger partial charge in [0.05, 0.1) is 19.5 Å². The molecule has 1 N–H and O–H groups in total. The van der Waals surface area contributed by atoms with Gasteiger partial charge >= 0.3 is 0 Å². The van der Waals surface area contributed by atoms with Crippen LogP contribution in [0, 0.1) is 0 Å². The normalized spacial score (nSPS) is 21.5. The van der Waals surface area contributed by atoms with E-state index in [1.165, 1.54) is 6.42 Å². The first-order valence-electron chi connectivity index (χ1n) is 10.0. The Morgan fingerprint density at radius 3 is 2.41 bits per heavy atom. The molecule has 4 rings (SSSR count). The van der Waals surface area contributed by atoms with Crippen molar-refractivity contribution in [3.63, 3.8) is 0 Å². The van der Waals surface area contributed by atoms with Crippen molar-refractivity contribution >= 4 is 5.91 Å². The smallest absolute Gasteiger partial charge is 0.241 e. The lowest BCUT2D eigenvalue weighted by atomic mass is 9.78. The summed E-state index contributed by atoms with van der Waals surface area (Å²) in [6.07, 6.45) is 6.90. The molecule has 1 aromatic carbocycles. The summed E-state index contributed by atoms with van der Waals surface area (Å²) in [5, 5.41) is 3.33. The van der Waals surface area contributed by atoms with Crippen molar-refractivity contribution in [2.75, 3.05) is 26.3 Å². The maximum absolute atomic E-state index is 13.7. The van der Waals surface area contributed by atoms with Crippen LogP contribution in [0.4, 0.5) is 0 Å². The van der Waals surface area contributed by atoms with Gasteiger partial charge in [-0.15, -0.1) is 0 Å². The fourth-order valence-electron chi connectivity index (χ4n) is 4.50. The van der Waals surface area contributed by atoms with Gasteiger partial charge in [0.15, 0.2) is 0 Å². The highest BCUT2D eigenvalue weighted by molar-refractivity contribution is 5.87. The van der Waals surface area contributed by atoms with Gasteiger partial charge in [-0.1, -0.05) is 49.6 Å². The average molecular weight is 368 g/mol. The molecule has 1 amide bonds. The number of furan rings is 1. The molecule has 1 aliphatic carbocycles. The van der Waals surface area contributed by atoms with Crippen LogP contribution in [-0.2, 0) is 9.53 Å². The van der Waals surface area contributed by atoms with Crippen LogP contribution in [-0.4, -0.2) is 42.6 Å². The van der Waals surface area contributed by atoms with E-state index in [0.717, 1.165) is 50.1 Å². The lowest BCUT2D eigenvalue weighted by Gasteiger charge is -2.47. The van der Waals surface area contributed by atoms with E-state index in [4.69, 9.17) is 9.15 Å². The molecule has 2 heterocycles. The molecule has 144 valence electrons. The molecule has 27 heavy (non-hydrogen) atoms. The summed E-state index contributed by atoms with van der Waals surface area (Å²) < 4.78 is 11.2. The van der Waals surface area contributed by atoms with Crippen molar-refractivity contribution in [3.8, 4) is 0 Å². The fraction of sp³-hybridized carbons (Fsp3) is 0.500. The number of ether oxygens (including phenoxy) is 1. The summed E-state index contributed by atoms with van der Waals surface area (Å²) >= 11 is 0. The molecule has 0 radical (unpaired) electrons. The van der Waals surface area contributed by atoms with Crippen LogP contribution in [0.3, 0.4) is 0 Å². The quantitative estimate of drug-likeness (QED) is 0.877. The summed E-state index contributed by atoms with van der Waals surface area (Å²) in [6, 6.07) is 13.6. The van der Waals surface area contributed by atoms with Crippen LogP contribution in [0.15, 0.2) is 53.1 Å². The zero-order chi connectivity index (χ0) is 18.5. The molecular formula is C22H28N2O3. The van der Waals surface area contributed by atoms with Gasteiger partial charge in [0.25, 0.3) is 0 Å². The van der Waals surface area contributed by atoms with Crippen molar-refractivity contribution in [1.82, 2.24) is 10.2 Å². The highest BCUT2D eigenvalue weighted by atomic mass is 16.5. The minimum absolute atomic E-state index is 0.120. The zero-order valence-electron chi connectivity index (χ0n) is 15.7. The Bertz CT molecular complexity index is 717. The maximum Gasteiger partial charge on any atom is 0.241 e. The summed E-state index contributed by atoms with van der Waals surface area (Å²) in [6.45, 7) is 3.05. The molecule has 1 atom stereocenters. The van der Waals surface area contributed by atoms with E-state index < -0.39 is 5.54 Å². The van der Waals surface area contributed by atoms with Crippen molar-refractivity contribution in [2.24, 2.45) is 0 Å². The van der Waals surface area contributed by atoms with E-state index in [1.54, 1.807) is 6.26 Å². The van der Waals surface area contributed by atoms with Gasteiger partial charge < -0.3 is 14.5 Å². The van der Waals surface area contributed by atoms with E-state index in [9.17, 15) is 4.79 Å². The van der Waals surface area contributed by atoms with E-state index in [-0.39, 0.29) is 11.9 Å². The number of carbonyl (C=O) groups excluding carboxylic acids is 1. The Morgan fingerprint density at radius 1 is 1.00 bits per heavy atom. The lowest BCUT2D eigenvalue weighted by Crippen LogP contribution is -2.62. The lowest BCUT2D eigenvalue weighted by molar-refractivity contribution is -0.140. The van der Waals surface area contributed by atoms with E-state index in [1.807, 2.05) is 42.5 Å². The van der Waals surface area contributed by atoms with Gasteiger partial charge in [-0.3, -0.25) is 9.69 Å². The highest BCUT2D eigenvalue weighted by Gasteiger charge is 2.45. The van der Waals surface area contributed by atoms with Crippen LogP contribution in [0.1, 0.15) is 49.5 Å². The third-order valence-corrected chi connectivity index (χ3v) is 5.96. The first-order chi connectivity index (χ1) is 13.3. The molecule has 5 nitrogen and oxygen atoms in total. The Morgan fingerprint density at radius 2 is 1.74 bits per heavy atom. The van der Waals surface area contributed by atoms with Gasteiger partial charge in [-0.05, 0) is 30.5 Å². The van der Waals surface area contributed by atoms with E-state index >= 15 is 0 Å². The number of nitrogens with zero attached hydrogens (tertiary/aromatic N) is 1. The molecular weight excluding hydrogens is 340 g/mol. The first kappa shape index (κ1) is 18.3. The number of rotatable bonds is 5. The van der Waals surface area contributed by atoms with Crippen LogP contribution < -0.4 is 5.32 Å². The molecule has 5 heteroatoms. The van der Waals surface area contributed by atoms with Crippen LogP contribution in [0.2, 0.25) is 0 Å². The van der Waals surface area contributed by atoms with Crippen LogP contribution in [0.25, 0.3) is 0 Å². The zero-order valence-corrected chi connectivity index (χ0v) is 15.7. The molecule has 0 unspecified atom stereocenters. The number of hydrogen-bond acceptors (Lipinski definition) is 4. The molecule has 2 fully saturated rings. The first-order valence-corrected chi connectivity index (χ1v) is 10.0. The Hall–Kier alpha value is -2.11. The van der Waals surface area contributed by atoms with Crippen LogP contribution >= 0.6 is 0 Å². The van der Waals surface area contributed by atoms with Crippen molar-refractivity contribution in [2.45, 2.75) is 43.7 Å². The Kier molecular flexibility index (Phi) is 5.60. The fourth-order valence-corrected chi connectivity index (χ4v) is 4.50. The predicted molar refractivity (Wildman–Crippen MR) is 103 cm³/mol. The van der Waals surface area contributed by atoms with E-state index in [0.29, 0.717) is 13.2 Å². The van der Waals surface area contributed by atoms with Crippen molar-refractivity contribution in [1.29, 1.82) is 0 Å². The SMILES string of the molecule is O=C(N[C@H](c1ccccc1)c1ccco1)C1(N2CCOCC2)CCCCC1. The van der Waals surface area contributed by atoms with Gasteiger partial charge in [0, 0.05) is 13.1 Å². The van der Waals surface area contributed by atoms with E-state index in [2.05, 4.69) is 10.2 Å². The molecule has 2 aliphatic rings. The Balaban J connectivity index is 1.62. The summed E-state index contributed by atoms with van der Waals surface area (Å²) in [4.78, 5) is 16.0. The summed E-state index contributed by atoms with van der Waals surface area (Å²) in [5.74, 6) is 0.886. The monoisotopic (exact) mass is 368 g/mol. The number of benzene rings is 1. The molecule has 0 bridgehead atoms. The minimum Gasteiger partial charge on any atom is -0.467 e. The molecule has 1 saturated heterocycles. The number of nitrogens with one attached hydrogen (secondary N) is 1. The maximum atomic E-state index is 13.7. The van der Waals surface area contributed by atoms with Gasteiger partial charge in [-0.25, -0.2) is 0 Å². The number of carbonyl (C=O) groups is 1. The van der Waals surface area contributed by atoms with Crippen molar-refractivity contribution in [3.05, 3.63) is 60.1 Å². The summed E-state index contributed by atoms with van der Waals surface area (Å²) in [7, 11) is 0. The minimum atomic E-state index is -0.429. The third kappa shape index (κ3) is 3.80. The summed E-state index contributed by atoms with van der Waals surface area (Å²) in [5.41, 5.74) is 0.607. The van der Waals surface area contributed by atoms with Crippen molar-refractivity contribution < 1.29 is 13.9 Å². The number of morpholine rings is 1. The number of hydrogen-bond donors (Lipinski definition) is 1. The second-order valence-electron chi connectivity index (χ2n) is 7.52. The average Bonchev–Trinajstić information content (AvgIpc) is 3.28. The molecule has 0 spiro atoms. The van der Waals surface area contributed by atoms with Crippen LogP contribution in [0.5, 0.6) is 0 Å². The number of amides is 1. The second kappa shape index (κ2) is 8.28. The molecule has 2 aromatic rings. The van der Waals surface area contributed by atoms with Gasteiger partial charge in [0.1, 0.15) is 17.3 Å². The molecule has 1 aromatic heterocycles. The predicted octanol–water partition coefficient (Wildman–Crippen LogP) is 3.52. The van der Waals surface area contributed by atoms with Gasteiger partial charge in [-0.2, -0.15) is 0 Å². The molecule has 1 aliphatic heterocycles. The highest BCUT2D eigenvalue weighted by Crippen LogP contribution is 2.36. The Labute approximate surface area is 160 Å². The topological polar surface area (TPSA) is 54.7 Å². The standard InChI is InChI=1S/C22H28N2O3/c25-21(22(11-5-2-6-12-22)24-13-16-26-17-14-24)23-20(19-10-7-15-27-19)18-8-3-1-4-9-18/h1,3-4,7-10,15,20H,2,5-6,11-14,16-17H2,(H,23,25)/t20-/m1/s1. The van der Waals surface area contributed by atoms with Gasteiger partial charge in [0.2, 0.25) is 5.91 Å². The largest absolute Gasteiger partial charge is 0.467 e.